The summed E-state index contributed by atoms with van der Waals surface area (Å²) in [7, 11) is 3.25. The van der Waals surface area contributed by atoms with Gasteiger partial charge >= 0.3 is 6.36 Å². The molecular formula is C16H13BrClF3O3. The van der Waals surface area contributed by atoms with Crippen molar-refractivity contribution in [1.29, 1.82) is 0 Å². The number of carbonyl (C=O) groups is 1. The molecule has 0 atom stereocenters. The van der Waals surface area contributed by atoms with Crippen molar-refractivity contribution in [2.24, 2.45) is 0 Å². The molecule has 0 aliphatic heterocycles. The second-order valence-corrected chi connectivity index (χ2v) is 5.83. The average molecular weight is 426 g/mol. The predicted molar refractivity (Wildman–Crippen MR) is 89.6 cm³/mol. The van der Waals surface area contributed by atoms with Crippen molar-refractivity contribution in [1.82, 2.24) is 0 Å². The van der Waals surface area contributed by atoms with Crippen LogP contribution in [0.3, 0.4) is 0 Å². The number of halogens is 5. The van der Waals surface area contributed by atoms with Crippen LogP contribution in [0.5, 0.6) is 5.75 Å². The molecule has 0 aliphatic rings. The Morgan fingerprint density at radius 2 is 1.75 bits per heavy atom. The van der Waals surface area contributed by atoms with Crippen LogP contribution >= 0.6 is 27.5 Å². The van der Waals surface area contributed by atoms with Crippen LogP contribution in [0.4, 0.5) is 13.2 Å². The quantitative estimate of drug-likeness (QED) is 0.588. The van der Waals surface area contributed by atoms with Crippen LogP contribution in [-0.2, 0) is 4.74 Å². The Morgan fingerprint density at radius 1 is 1.12 bits per heavy atom. The van der Waals surface area contributed by atoms with Crippen LogP contribution in [0, 0.1) is 0 Å². The van der Waals surface area contributed by atoms with Gasteiger partial charge in [0.05, 0.1) is 0 Å². The molecule has 8 heteroatoms. The van der Waals surface area contributed by atoms with Crippen molar-refractivity contribution in [3.05, 3.63) is 51.5 Å². The lowest BCUT2D eigenvalue weighted by atomic mass is 10.0. The number of carbonyl (C=O) groups excluding carboxylic acids is 1. The molecule has 3 nitrogen and oxygen atoms in total. The molecule has 2 aromatic carbocycles. The van der Waals surface area contributed by atoms with Gasteiger partial charge in [-0.25, -0.2) is 0 Å². The van der Waals surface area contributed by atoms with Gasteiger partial charge in [-0.05, 0) is 41.5 Å². The van der Waals surface area contributed by atoms with Crippen LogP contribution < -0.4 is 4.74 Å². The minimum absolute atomic E-state index is 0.276. The van der Waals surface area contributed by atoms with Crippen molar-refractivity contribution < 1.29 is 27.4 Å². The van der Waals surface area contributed by atoms with Crippen LogP contribution in [0.15, 0.2) is 40.9 Å². The van der Waals surface area contributed by atoms with E-state index in [1.807, 2.05) is 0 Å². The lowest BCUT2D eigenvalue weighted by Crippen LogP contribution is -2.17. The molecule has 24 heavy (non-hydrogen) atoms. The zero-order valence-electron chi connectivity index (χ0n) is 12.7. The van der Waals surface area contributed by atoms with Gasteiger partial charge in [0, 0.05) is 29.3 Å². The number of aldehydes is 1. The van der Waals surface area contributed by atoms with E-state index >= 15 is 0 Å². The highest BCUT2D eigenvalue weighted by Crippen LogP contribution is 2.33. The maximum absolute atomic E-state index is 12.3. The van der Waals surface area contributed by atoms with Crippen molar-refractivity contribution in [2.45, 2.75) is 6.36 Å². The Labute approximate surface area is 150 Å². The van der Waals surface area contributed by atoms with E-state index in [1.54, 1.807) is 32.4 Å². The van der Waals surface area contributed by atoms with Crippen molar-refractivity contribution in [2.75, 3.05) is 14.2 Å². The van der Waals surface area contributed by atoms with Gasteiger partial charge in [-0.2, -0.15) is 0 Å². The Kier molecular flexibility index (Phi) is 7.72. The third-order valence-electron chi connectivity index (χ3n) is 2.56. The first kappa shape index (κ1) is 20.5. The number of rotatable bonds is 3. The molecule has 0 fully saturated rings. The maximum atomic E-state index is 12.3. The zero-order chi connectivity index (χ0) is 18.3. The summed E-state index contributed by atoms with van der Waals surface area (Å²) in [4.78, 5) is 11.1. The monoisotopic (exact) mass is 424 g/mol. The molecular weight excluding hydrogens is 413 g/mol. The van der Waals surface area contributed by atoms with Crippen molar-refractivity contribution in [3.8, 4) is 16.9 Å². The lowest BCUT2D eigenvalue weighted by molar-refractivity contribution is -0.274. The number of benzene rings is 2. The molecule has 0 aliphatic carbocycles. The van der Waals surface area contributed by atoms with E-state index in [9.17, 15) is 18.0 Å². The Balaban J connectivity index is 0.000000891. The molecule has 0 N–H and O–H groups in total. The molecule has 0 saturated heterocycles. The van der Waals surface area contributed by atoms with Gasteiger partial charge < -0.3 is 9.47 Å². The molecule has 0 bridgehead atoms. The van der Waals surface area contributed by atoms with Gasteiger partial charge in [0.15, 0.2) is 6.29 Å². The van der Waals surface area contributed by atoms with Crippen LogP contribution in [0.25, 0.3) is 11.1 Å². The summed E-state index contributed by atoms with van der Waals surface area (Å²) in [6.07, 6.45) is -4.20. The number of methoxy groups -OCH3 is 1. The smallest absolute Gasteiger partial charge is 0.406 e. The molecule has 2 rings (SSSR count). The fraction of sp³-hybridized carbons (Fsp3) is 0.188. The molecule has 0 saturated carbocycles. The van der Waals surface area contributed by atoms with Crippen LogP contribution in [-0.4, -0.2) is 26.9 Å². The molecule has 130 valence electrons. The Hall–Kier alpha value is -1.57. The molecule has 0 aromatic heterocycles. The standard InChI is InChI=1S/C14H7BrClF3O2.C2H6O/c15-10-3-8(5-12(6-10)21-14(17,18)19)13-2-1-11(16)4-9(13)7-20;1-3-2/h1-7H;1-2H3. The lowest BCUT2D eigenvalue weighted by Gasteiger charge is -2.12. The van der Waals surface area contributed by atoms with Crippen LogP contribution in [0.2, 0.25) is 5.02 Å². The second-order valence-electron chi connectivity index (χ2n) is 4.48. The second kappa shape index (κ2) is 9.05. The van der Waals surface area contributed by atoms with E-state index in [2.05, 4.69) is 25.4 Å². The summed E-state index contributed by atoms with van der Waals surface area (Å²) in [6, 6.07) is 8.52. The van der Waals surface area contributed by atoms with E-state index in [-0.39, 0.29) is 11.3 Å². The minimum atomic E-state index is -4.79. The predicted octanol–water partition coefficient (Wildman–Crippen LogP) is 5.74. The third-order valence-corrected chi connectivity index (χ3v) is 3.25. The number of hydrogen-bond donors (Lipinski definition) is 0. The Morgan fingerprint density at radius 3 is 2.29 bits per heavy atom. The summed E-state index contributed by atoms with van der Waals surface area (Å²) < 4.78 is 45.4. The Bertz CT molecular complexity index is 705. The number of alkyl halides is 3. The third kappa shape index (κ3) is 6.51. The number of hydrogen-bond acceptors (Lipinski definition) is 3. The first-order valence-corrected chi connectivity index (χ1v) is 7.59. The summed E-state index contributed by atoms with van der Waals surface area (Å²) in [5.41, 5.74) is 1.14. The fourth-order valence-electron chi connectivity index (χ4n) is 1.80. The van der Waals surface area contributed by atoms with Crippen molar-refractivity contribution >= 4 is 33.8 Å². The average Bonchev–Trinajstić information content (AvgIpc) is 2.45. The SMILES string of the molecule is COC.O=Cc1cc(Cl)ccc1-c1cc(Br)cc(OC(F)(F)F)c1. The van der Waals surface area contributed by atoms with Gasteiger partial charge in [0.1, 0.15) is 5.75 Å². The van der Waals surface area contributed by atoms with Crippen LogP contribution in [0.1, 0.15) is 10.4 Å². The van der Waals surface area contributed by atoms with E-state index < -0.39 is 6.36 Å². The molecule has 0 radical (unpaired) electrons. The largest absolute Gasteiger partial charge is 0.573 e. The molecule has 0 heterocycles. The summed E-state index contributed by atoms with van der Waals surface area (Å²) in [5.74, 6) is -0.376. The van der Waals surface area contributed by atoms with Gasteiger partial charge in [-0.15, -0.1) is 13.2 Å². The minimum Gasteiger partial charge on any atom is -0.406 e. The highest BCUT2D eigenvalue weighted by molar-refractivity contribution is 9.10. The van der Waals surface area contributed by atoms with E-state index in [0.29, 0.717) is 26.9 Å². The van der Waals surface area contributed by atoms with E-state index in [1.165, 1.54) is 18.2 Å². The van der Waals surface area contributed by atoms with Gasteiger partial charge in [0.2, 0.25) is 0 Å². The molecule has 0 amide bonds. The first-order valence-electron chi connectivity index (χ1n) is 6.41. The van der Waals surface area contributed by atoms with E-state index in [0.717, 1.165) is 0 Å². The molecule has 0 spiro atoms. The summed E-state index contributed by atoms with van der Waals surface area (Å²) in [6.45, 7) is 0. The summed E-state index contributed by atoms with van der Waals surface area (Å²) >= 11 is 8.91. The summed E-state index contributed by atoms with van der Waals surface area (Å²) in [5, 5.41) is 0.364. The topological polar surface area (TPSA) is 35.5 Å². The normalized spacial score (nSPS) is 10.6. The van der Waals surface area contributed by atoms with Gasteiger partial charge in [-0.3, -0.25) is 4.79 Å². The fourth-order valence-corrected chi connectivity index (χ4v) is 2.46. The maximum Gasteiger partial charge on any atom is 0.573 e. The van der Waals surface area contributed by atoms with E-state index in [4.69, 9.17) is 11.6 Å². The van der Waals surface area contributed by atoms with Gasteiger partial charge in [0.25, 0.3) is 0 Å². The van der Waals surface area contributed by atoms with Gasteiger partial charge in [-0.1, -0.05) is 33.6 Å². The first-order chi connectivity index (χ1) is 11.2. The molecule has 0 unspecified atom stereocenters. The number of ether oxygens (including phenoxy) is 2. The molecule has 2 aromatic rings. The highest BCUT2D eigenvalue weighted by Gasteiger charge is 2.31. The highest BCUT2D eigenvalue weighted by atomic mass is 79.9. The zero-order valence-corrected chi connectivity index (χ0v) is 15.0. The van der Waals surface area contributed by atoms with Crippen molar-refractivity contribution in [3.63, 3.8) is 0 Å².